The zero-order valence-electron chi connectivity index (χ0n) is 26.7. The maximum Gasteiger partial charge on any atom is 0.408 e. The summed E-state index contributed by atoms with van der Waals surface area (Å²) in [6.45, 7) is 9.70. The highest BCUT2D eigenvalue weighted by atomic mass is 16.6. The predicted octanol–water partition coefficient (Wildman–Crippen LogP) is 5.00. The summed E-state index contributed by atoms with van der Waals surface area (Å²) in [6.07, 6.45) is 8.73. The Kier molecular flexibility index (Phi) is 9.37. The number of ether oxygens (including phenoxy) is 3. The second-order valence-electron chi connectivity index (χ2n) is 13.6. The molecule has 3 heterocycles. The largest absolute Gasteiger partial charge is 0.494 e. The maximum atomic E-state index is 14.4. The molecular weight excluding hydrogens is 560 g/mol. The van der Waals surface area contributed by atoms with Crippen molar-refractivity contribution in [1.29, 1.82) is 0 Å². The third-order valence-electron chi connectivity index (χ3n) is 8.73. The van der Waals surface area contributed by atoms with Crippen molar-refractivity contribution in [3.8, 4) is 11.6 Å². The summed E-state index contributed by atoms with van der Waals surface area (Å²) in [7, 11) is 1.60. The quantitative estimate of drug-likeness (QED) is 0.470. The fourth-order valence-corrected chi connectivity index (χ4v) is 6.40. The van der Waals surface area contributed by atoms with E-state index in [1.807, 2.05) is 31.2 Å². The molecule has 44 heavy (non-hydrogen) atoms. The fourth-order valence-electron chi connectivity index (χ4n) is 6.40. The summed E-state index contributed by atoms with van der Waals surface area (Å²) in [5, 5.41) is 7.68. The van der Waals surface area contributed by atoms with Gasteiger partial charge in [0.25, 0.3) is 0 Å². The van der Waals surface area contributed by atoms with Crippen LogP contribution in [0.4, 0.5) is 4.79 Å². The van der Waals surface area contributed by atoms with Crippen LogP contribution in [0.5, 0.6) is 11.6 Å². The number of aromatic nitrogens is 1. The first-order valence-electron chi connectivity index (χ1n) is 15.8. The highest BCUT2D eigenvalue weighted by molar-refractivity contribution is 5.93. The molecule has 0 radical (unpaired) electrons. The van der Waals surface area contributed by atoms with E-state index < -0.39 is 29.9 Å². The van der Waals surface area contributed by atoms with Crippen LogP contribution < -0.4 is 20.1 Å². The van der Waals surface area contributed by atoms with Gasteiger partial charge in [-0.25, -0.2) is 9.78 Å². The highest BCUT2D eigenvalue weighted by Gasteiger charge is 2.47. The molecule has 10 heteroatoms. The van der Waals surface area contributed by atoms with Crippen molar-refractivity contribution < 1.29 is 28.6 Å². The van der Waals surface area contributed by atoms with Crippen LogP contribution >= 0.6 is 0 Å². The molecule has 0 unspecified atom stereocenters. The van der Waals surface area contributed by atoms with Crippen molar-refractivity contribution in [2.45, 2.75) is 96.6 Å². The number of rotatable bonds is 4. The molecule has 1 aromatic carbocycles. The molecule has 1 saturated heterocycles. The normalized spacial score (nSPS) is 30.2. The number of nitrogens with one attached hydrogen (secondary N) is 2. The van der Waals surface area contributed by atoms with Crippen LogP contribution in [0.15, 0.2) is 42.6 Å². The second kappa shape index (κ2) is 13.0. The second-order valence-corrected chi connectivity index (χ2v) is 13.6. The number of hydrogen-bond donors (Lipinski definition) is 2. The number of pyridine rings is 1. The molecule has 10 nitrogen and oxygen atoms in total. The lowest BCUT2D eigenvalue weighted by Gasteiger charge is -2.33. The highest BCUT2D eigenvalue weighted by Crippen LogP contribution is 2.35. The Bertz CT molecular complexity index is 1400. The van der Waals surface area contributed by atoms with Gasteiger partial charge in [0.2, 0.25) is 17.7 Å². The van der Waals surface area contributed by atoms with E-state index in [1.165, 1.54) is 0 Å². The molecule has 3 amide bonds. The molecule has 2 aliphatic heterocycles. The molecule has 7 atom stereocenters. The van der Waals surface area contributed by atoms with Gasteiger partial charge in [-0.1, -0.05) is 44.2 Å². The summed E-state index contributed by atoms with van der Waals surface area (Å²) in [5.41, 5.74) is -0.722. The minimum Gasteiger partial charge on any atom is -0.494 e. The minimum absolute atomic E-state index is 0.0556. The molecule has 238 valence electrons. The Morgan fingerprint density at radius 1 is 1.09 bits per heavy atom. The number of amides is 3. The first kappa shape index (κ1) is 31.6. The van der Waals surface area contributed by atoms with E-state index in [1.54, 1.807) is 39.0 Å². The van der Waals surface area contributed by atoms with E-state index in [9.17, 15) is 14.4 Å². The first-order valence-corrected chi connectivity index (χ1v) is 15.8. The number of alkyl carbamates (subject to hydrolysis) is 1. The summed E-state index contributed by atoms with van der Waals surface area (Å²) in [5.74, 6) is 0.995. The lowest BCUT2D eigenvalue weighted by atomic mass is 9.88. The lowest BCUT2D eigenvalue weighted by molar-refractivity contribution is -0.141. The molecule has 2 N–H and O–H groups in total. The number of carbonyl (C=O) groups is 3. The van der Waals surface area contributed by atoms with E-state index in [4.69, 9.17) is 14.2 Å². The number of hydrogen-bond acceptors (Lipinski definition) is 7. The van der Waals surface area contributed by atoms with Crippen LogP contribution in [0.1, 0.15) is 66.7 Å². The summed E-state index contributed by atoms with van der Waals surface area (Å²) < 4.78 is 17.5. The zero-order valence-corrected chi connectivity index (χ0v) is 26.7. The third kappa shape index (κ3) is 7.45. The van der Waals surface area contributed by atoms with Crippen LogP contribution in [0.3, 0.4) is 0 Å². The number of methoxy groups -OCH3 is 1. The third-order valence-corrected chi connectivity index (χ3v) is 8.73. The van der Waals surface area contributed by atoms with Crippen molar-refractivity contribution in [2.24, 2.45) is 17.8 Å². The maximum absolute atomic E-state index is 14.4. The molecule has 3 aliphatic rings. The molecular formula is C34H46N4O6. The molecule has 0 bridgehead atoms. The SMILES string of the molecule is COc1cnc(O[C@@H]2C[C@H]3C(=O)N[C@@H]4C[C@@H]4/C=C\CC[C@H](C)C[C@@H](C)[C@H](NC(=O)OC(C)(C)C)C(=O)N3C2)c2ccccc12. The van der Waals surface area contributed by atoms with Gasteiger partial charge in [-0.15, -0.1) is 0 Å². The monoisotopic (exact) mass is 606 g/mol. The van der Waals surface area contributed by atoms with E-state index in [2.05, 4.69) is 34.7 Å². The summed E-state index contributed by atoms with van der Waals surface area (Å²) >= 11 is 0. The van der Waals surface area contributed by atoms with Gasteiger partial charge in [0.05, 0.1) is 19.9 Å². The fraction of sp³-hybridized carbons (Fsp3) is 0.588. The van der Waals surface area contributed by atoms with Gasteiger partial charge in [-0.05, 0) is 70.3 Å². The van der Waals surface area contributed by atoms with Gasteiger partial charge in [0.15, 0.2) is 0 Å². The van der Waals surface area contributed by atoms with Crippen LogP contribution in [0.25, 0.3) is 10.8 Å². The first-order chi connectivity index (χ1) is 20.9. The van der Waals surface area contributed by atoms with E-state index in [0.717, 1.165) is 36.5 Å². The van der Waals surface area contributed by atoms with Crippen LogP contribution in [0.2, 0.25) is 0 Å². The Hall–Kier alpha value is -3.82. The van der Waals surface area contributed by atoms with Crippen molar-refractivity contribution in [3.05, 3.63) is 42.6 Å². The van der Waals surface area contributed by atoms with Crippen molar-refractivity contribution in [2.75, 3.05) is 13.7 Å². The average Bonchev–Trinajstić information content (AvgIpc) is 3.56. The smallest absolute Gasteiger partial charge is 0.408 e. The Balaban J connectivity index is 1.44. The molecule has 1 aliphatic carbocycles. The minimum atomic E-state index is -0.865. The molecule has 2 fully saturated rings. The number of fused-ring (bicyclic) bond motifs is 3. The van der Waals surface area contributed by atoms with Gasteiger partial charge < -0.3 is 29.7 Å². The molecule has 2 aromatic rings. The van der Waals surface area contributed by atoms with Gasteiger partial charge in [0, 0.05) is 23.2 Å². The molecule has 0 spiro atoms. The van der Waals surface area contributed by atoms with Crippen LogP contribution in [0, 0.1) is 17.8 Å². The van der Waals surface area contributed by atoms with Gasteiger partial charge in [0.1, 0.15) is 29.5 Å². The summed E-state index contributed by atoms with van der Waals surface area (Å²) in [6, 6.07) is 6.12. The van der Waals surface area contributed by atoms with Gasteiger partial charge >= 0.3 is 6.09 Å². The number of benzene rings is 1. The standard InChI is InChI=1S/C34H46N4O6/c1-20-11-7-8-12-22-16-26(22)36-30(39)27-17-23(43-31-25-14-10-9-13-24(25)28(42-6)18-35-31)19-38(27)32(40)29(21(2)15-20)37-33(41)44-34(3,4)5/h8-10,12-14,18,20-23,26-27,29H,7,11,15-17,19H2,1-6H3,(H,36,39)(H,37,41)/b12-8-/t20-,21+,22-,23+,26+,27-,29-/m0/s1. The predicted molar refractivity (Wildman–Crippen MR) is 167 cm³/mol. The van der Waals surface area contributed by atoms with Crippen LogP contribution in [-0.2, 0) is 14.3 Å². The molecule has 1 saturated carbocycles. The number of carbonyl (C=O) groups excluding carboxylic acids is 3. The van der Waals surface area contributed by atoms with Crippen LogP contribution in [-0.4, -0.2) is 71.3 Å². The number of allylic oxidation sites excluding steroid dienone is 1. The van der Waals surface area contributed by atoms with Crippen molar-refractivity contribution >= 4 is 28.7 Å². The van der Waals surface area contributed by atoms with Crippen molar-refractivity contribution in [3.63, 3.8) is 0 Å². The molecule has 1 aromatic heterocycles. The topological polar surface area (TPSA) is 119 Å². The Morgan fingerprint density at radius 3 is 2.57 bits per heavy atom. The van der Waals surface area contributed by atoms with Crippen molar-refractivity contribution in [1.82, 2.24) is 20.5 Å². The Morgan fingerprint density at radius 2 is 1.84 bits per heavy atom. The zero-order chi connectivity index (χ0) is 31.6. The lowest BCUT2D eigenvalue weighted by Crippen LogP contribution is -2.56. The molecule has 5 rings (SSSR count). The van der Waals surface area contributed by atoms with Gasteiger partial charge in [-0.2, -0.15) is 0 Å². The van der Waals surface area contributed by atoms with E-state index >= 15 is 0 Å². The van der Waals surface area contributed by atoms with E-state index in [0.29, 0.717) is 29.9 Å². The Labute approximate surface area is 259 Å². The average molecular weight is 607 g/mol. The summed E-state index contributed by atoms with van der Waals surface area (Å²) in [4.78, 5) is 47.2. The van der Waals surface area contributed by atoms with Gasteiger partial charge in [-0.3, -0.25) is 9.59 Å². The number of nitrogens with zero attached hydrogens (tertiary/aromatic N) is 2. The van der Waals surface area contributed by atoms with E-state index in [-0.39, 0.29) is 30.3 Å².